The zero-order valence-electron chi connectivity index (χ0n) is 16.7. The first-order valence-electron chi connectivity index (χ1n) is 10.3. The number of imide groups is 1. The summed E-state index contributed by atoms with van der Waals surface area (Å²) in [7, 11) is 0. The Hall–Kier alpha value is -2.72. The van der Waals surface area contributed by atoms with Gasteiger partial charge in [0.1, 0.15) is 0 Å². The second kappa shape index (κ2) is 5.92. The zero-order valence-corrected chi connectivity index (χ0v) is 18.3. The van der Waals surface area contributed by atoms with Crippen LogP contribution in [0.3, 0.4) is 0 Å². The highest BCUT2D eigenvalue weighted by atomic mass is 79.9. The average Bonchev–Trinajstić information content (AvgIpc) is 3.01. The molecule has 3 nitrogen and oxygen atoms in total. The van der Waals surface area contributed by atoms with Gasteiger partial charge in [-0.15, -0.1) is 0 Å². The molecule has 0 radical (unpaired) electrons. The molecule has 0 spiro atoms. The van der Waals surface area contributed by atoms with Gasteiger partial charge >= 0.3 is 0 Å². The van der Waals surface area contributed by atoms with E-state index in [1.54, 1.807) is 0 Å². The molecule has 2 amide bonds. The van der Waals surface area contributed by atoms with Crippen molar-refractivity contribution in [2.45, 2.75) is 25.2 Å². The molecule has 4 aliphatic rings. The van der Waals surface area contributed by atoms with Crippen LogP contribution >= 0.6 is 15.9 Å². The first kappa shape index (κ1) is 18.1. The fourth-order valence-corrected chi connectivity index (χ4v) is 6.85. The Morgan fingerprint density at radius 1 is 0.867 bits per heavy atom. The molecular weight excluding hydrogens is 438 g/mol. The Morgan fingerprint density at radius 3 is 2.07 bits per heavy atom. The Labute approximate surface area is 183 Å². The van der Waals surface area contributed by atoms with Gasteiger partial charge in [-0.3, -0.25) is 9.59 Å². The molecule has 0 saturated carbocycles. The number of amides is 2. The maximum Gasteiger partial charge on any atom is 0.238 e. The lowest BCUT2D eigenvalue weighted by atomic mass is 9.48. The molecule has 7 rings (SSSR count). The molecule has 30 heavy (non-hydrogen) atoms. The molecule has 148 valence electrons. The second-order valence-electron chi connectivity index (χ2n) is 8.82. The number of hydrogen-bond donors (Lipinski definition) is 0. The first-order valence-corrected chi connectivity index (χ1v) is 11.1. The van der Waals surface area contributed by atoms with Gasteiger partial charge in [-0.25, -0.2) is 4.90 Å². The molecule has 0 aromatic heterocycles. The fourth-order valence-electron chi connectivity index (χ4n) is 6.18. The van der Waals surface area contributed by atoms with E-state index in [4.69, 9.17) is 0 Å². The van der Waals surface area contributed by atoms with Crippen LogP contribution < -0.4 is 4.90 Å². The molecule has 0 unspecified atom stereocenters. The number of carbonyl (C=O) groups is 2. The number of rotatable bonds is 1. The van der Waals surface area contributed by atoms with E-state index in [2.05, 4.69) is 47.1 Å². The summed E-state index contributed by atoms with van der Waals surface area (Å²) >= 11 is 3.58. The van der Waals surface area contributed by atoms with Crippen LogP contribution in [0.2, 0.25) is 0 Å². The number of hydrogen-bond acceptors (Lipinski definition) is 2. The standard InChI is InChI=1S/C26H20BrNO2/c1-14-11-12-20(19(27)13-14)28-24(29)22-21-15-7-3-5-9-17(15)26(2,23(22)25(28)30)18-10-6-4-8-16(18)21/h3-13,21-23H,1-2H3/t21?,22-,23-,26?/m0/s1. The lowest BCUT2D eigenvalue weighted by Crippen LogP contribution is -2.51. The van der Waals surface area contributed by atoms with Crippen LogP contribution in [0.1, 0.15) is 40.7 Å². The van der Waals surface area contributed by atoms with Crippen molar-refractivity contribution in [2.75, 3.05) is 4.90 Å². The zero-order chi connectivity index (χ0) is 20.8. The Morgan fingerprint density at radius 2 is 1.47 bits per heavy atom. The summed E-state index contributed by atoms with van der Waals surface area (Å²) in [5.41, 5.74) is 5.93. The summed E-state index contributed by atoms with van der Waals surface area (Å²) in [6, 6.07) is 22.5. The van der Waals surface area contributed by atoms with E-state index in [-0.39, 0.29) is 23.7 Å². The predicted molar refractivity (Wildman–Crippen MR) is 120 cm³/mol. The number of anilines is 1. The lowest BCUT2D eigenvalue weighted by molar-refractivity contribution is -0.123. The molecule has 3 aromatic carbocycles. The quantitative estimate of drug-likeness (QED) is 0.463. The smallest absolute Gasteiger partial charge is 0.238 e. The van der Waals surface area contributed by atoms with Gasteiger partial charge in [-0.1, -0.05) is 61.5 Å². The van der Waals surface area contributed by atoms with Crippen molar-refractivity contribution in [2.24, 2.45) is 11.8 Å². The van der Waals surface area contributed by atoms with Crippen LogP contribution in [0.4, 0.5) is 5.69 Å². The highest BCUT2D eigenvalue weighted by molar-refractivity contribution is 9.10. The van der Waals surface area contributed by atoms with Crippen molar-refractivity contribution >= 4 is 33.4 Å². The van der Waals surface area contributed by atoms with Crippen molar-refractivity contribution < 1.29 is 9.59 Å². The van der Waals surface area contributed by atoms with Crippen molar-refractivity contribution in [1.29, 1.82) is 0 Å². The third-order valence-corrected chi connectivity index (χ3v) is 8.02. The molecule has 1 fully saturated rings. The predicted octanol–water partition coefficient (Wildman–Crippen LogP) is 5.33. The Kier molecular flexibility index (Phi) is 3.57. The Bertz CT molecular complexity index is 1220. The first-order chi connectivity index (χ1) is 14.4. The average molecular weight is 458 g/mol. The van der Waals surface area contributed by atoms with Gasteiger partial charge in [0.05, 0.1) is 17.5 Å². The molecule has 4 heteroatoms. The monoisotopic (exact) mass is 457 g/mol. The molecule has 1 saturated heterocycles. The summed E-state index contributed by atoms with van der Waals surface area (Å²) in [6.45, 7) is 4.15. The van der Waals surface area contributed by atoms with E-state index >= 15 is 0 Å². The van der Waals surface area contributed by atoms with Gasteiger partial charge in [-0.05, 0) is 62.8 Å². The van der Waals surface area contributed by atoms with Crippen molar-refractivity contribution in [1.82, 2.24) is 0 Å². The van der Waals surface area contributed by atoms with Crippen molar-refractivity contribution in [3.05, 3.63) is 99.0 Å². The molecule has 3 aliphatic carbocycles. The molecular formula is C26H20BrNO2. The van der Waals surface area contributed by atoms with Crippen molar-refractivity contribution in [3.8, 4) is 0 Å². The van der Waals surface area contributed by atoms with E-state index in [1.165, 1.54) is 27.2 Å². The van der Waals surface area contributed by atoms with E-state index < -0.39 is 11.3 Å². The summed E-state index contributed by atoms with van der Waals surface area (Å²) in [5.74, 6) is -1.04. The third kappa shape index (κ3) is 2.00. The number of benzene rings is 3. The fraction of sp³-hybridized carbons (Fsp3) is 0.231. The molecule has 1 heterocycles. The van der Waals surface area contributed by atoms with Gasteiger partial charge < -0.3 is 0 Å². The molecule has 2 bridgehead atoms. The Balaban J connectivity index is 1.62. The highest BCUT2D eigenvalue weighted by Crippen LogP contribution is 2.64. The molecule has 3 aromatic rings. The van der Waals surface area contributed by atoms with Crippen LogP contribution in [0.25, 0.3) is 0 Å². The van der Waals surface area contributed by atoms with Gasteiger partial charge in [-0.2, -0.15) is 0 Å². The normalized spacial score (nSPS) is 28.4. The van der Waals surface area contributed by atoms with E-state index in [0.29, 0.717) is 5.69 Å². The highest BCUT2D eigenvalue weighted by Gasteiger charge is 2.66. The van der Waals surface area contributed by atoms with Gasteiger partial charge in [0.2, 0.25) is 11.8 Å². The van der Waals surface area contributed by atoms with Gasteiger partial charge in [0.25, 0.3) is 0 Å². The molecule has 1 aliphatic heterocycles. The van der Waals surface area contributed by atoms with E-state index in [1.807, 2.05) is 49.4 Å². The number of nitrogens with zero attached hydrogens (tertiary/aromatic N) is 1. The minimum absolute atomic E-state index is 0.0881. The van der Waals surface area contributed by atoms with Crippen LogP contribution in [0, 0.1) is 18.8 Å². The maximum absolute atomic E-state index is 13.9. The van der Waals surface area contributed by atoms with E-state index in [0.717, 1.165) is 10.0 Å². The summed E-state index contributed by atoms with van der Waals surface area (Å²) in [4.78, 5) is 29.1. The summed E-state index contributed by atoms with van der Waals surface area (Å²) in [6.07, 6.45) is 0. The van der Waals surface area contributed by atoms with Crippen molar-refractivity contribution in [3.63, 3.8) is 0 Å². The molecule has 2 atom stereocenters. The topological polar surface area (TPSA) is 37.4 Å². The van der Waals surface area contributed by atoms with Gasteiger partial charge in [0, 0.05) is 15.8 Å². The maximum atomic E-state index is 13.9. The largest absolute Gasteiger partial charge is 0.274 e. The van der Waals surface area contributed by atoms with Crippen LogP contribution in [-0.2, 0) is 15.0 Å². The summed E-state index contributed by atoms with van der Waals surface area (Å²) < 4.78 is 0.773. The van der Waals surface area contributed by atoms with Crippen LogP contribution in [0.5, 0.6) is 0 Å². The number of carbonyl (C=O) groups excluding carboxylic acids is 2. The van der Waals surface area contributed by atoms with Gasteiger partial charge in [0.15, 0.2) is 0 Å². The summed E-state index contributed by atoms with van der Waals surface area (Å²) in [5, 5.41) is 0. The van der Waals surface area contributed by atoms with Crippen LogP contribution in [0.15, 0.2) is 71.2 Å². The second-order valence-corrected chi connectivity index (χ2v) is 9.68. The third-order valence-electron chi connectivity index (χ3n) is 7.39. The minimum atomic E-state index is -0.523. The minimum Gasteiger partial charge on any atom is -0.274 e. The van der Waals surface area contributed by atoms with Crippen LogP contribution in [-0.4, -0.2) is 11.8 Å². The van der Waals surface area contributed by atoms with E-state index in [9.17, 15) is 9.59 Å². The number of aryl methyl sites for hydroxylation is 1. The lowest BCUT2D eigenvalue weighted by Gasteiger charge is -2.52. The molecule has 0 N–H and O–H groups in total. The SMILES string of the molecule is Cc1ccc(N2C(=O)[C@@H]3[C@@H](C2=O)C2c4ccccc4C3(C)c3ccccc32)c(Br)c1. The number of halogens is 1.